The first-order chi connectivity index (χ1) is 16.0. The molecule has 0 saturated carbocycles. The first kappa shape index (κ1) is 24.0. The van der Waals surface area contributed by atoms with Crippen LogP contribution in [0.1, 0.15) is 12.6 Å². The Hall–Kier alpha value is -3.19. The summed E-state index contributed by atoms with van der Waals surface area (Å²) in [6.07, 6.45) is -1.57. The number of nitrogens with one attached hydrogen (secondary N) is 2. The predicted molar refractivity (Wildman–Crippen MR) is 124 cm³/mol. The van der Waals surface area contributed by atoms with Gasteiger partial charge in [-0.1, -0.05) is 0 Å². The van der Waals surface area contributed by atoms with Gasteiger partial charge >= 0.3 is 6.18 Å². The van der Waals surface area contributed by atoms with Crippen LogP contribution >= 0.6 is 0 Å². The molecule has 1 atom stereocenters. The molecule has 4 rings (SSSR count). The molecule has 0 spiro atoms. The second kappa shape index (κ2) is 8.87. The Labute approximate surface area is 193 Å². The van der Waals surface area contributed by atoms with E-state index in [2.05, 4.69) is 19.9 Å². The molecule has 1 aliphatic heterocycles. The molecule has 0 aliphatic carbocycles. The number of H-pyrrole nitrogens is 2. The fourth-order valence-corrected chi connectivity index (χ4v) is 5.20. The van der Waals surface area contributed by atoms with Crippen LogP contribution in [0.25, 0.3) is 22.2 Å². The minimum atomic E-state index is -4.71. The van der Waals surface area contributed by atoms with Gasteiger partial charge in [0, 0.05) is 50.5 Å². The van der Waals surface area contributed by atoms with Crippen molar-refractivity contribution in [3.63, 3.8) is 0 Å². The highest BCUT2D eigenvalue weighted by molar-refractivity contribution is 7.89. The Kier molecular flexibility index (Phi) is 6.25. The Morgan fingerprint density at radius 2 is 2.00 bits per heavy atom. The third kappa shape index (κ3) is 4.57. The van der Waals surface area contributed by atoms with E-state index in [-0.39, 0.29) is 24.7 Å². The normalized spacial score (nSPS) is 18.3. The molecule has 3 aromatic rings. The van der Waals surface area contributed by atoms with Crippen molar-refractivity contribution >= 4 is 33.1 Å². The van der Waals surface area contributed by atoms with Crippen LogP contribution in [0.2, 0.25) is 0 Å². The number of piperazine rings is 1. The Bertz CT molecular complexity index is 1400. The molecular formula is C21H23F3N6O3S. The van der Waals surface area contributed by atoms with Gasteiger partial charge in [0.15, 0.2) is 0 Å². The van der Waals surface area contributed by atoms with Gasteiger partial charge in [-0.2, -0.15) is 17.5 Å². The lowest BCUT2D eigenvalue weighted by atomic mass is 10.0. The van der Waals surface area contributed by atoms with Gasteiger partial charge in [-0.25, -0.2) is 13.4 Å². The van der Waals surface area contributed by atoms with Gasteiger partial charge in [0.25, 0.3) is 0 Å². The van der Waals surface area contributed by atoms with Gasteiger partial charge < -0.3 is 14.9 Å². The summed E-state index contributed by atoms with van der Waals surface area (Å²) in [5.74, 6) is -0.321. The van der Waals surface area contributed by atoms with E-state index in [1.54, 1.807) is 25.4 Å². The molecule has 0 aromatic carbocycles. The lowest BCUT2D eigenvalue weighted by molar-refractivity contribution is -0.153. The molecule has 1 fully saturated rings. The second-order valence-electron chi connectivity index (χ2n) is 7.86. The lowest BCUT2D eigenvalue weighted by Crippen LogP contribution is -2.60. The fraction of sp³-hybridized carbons (Fsp3) is 0.381. The average Bonchev–Trinajstić information content (AvgIpc) is 3.20. The molecular weight excluding hydrogens is 473 g/mol. The van der Waals surface area contributed by atoms with E-state index in [0.29, 0.717) is 27.9 Å². The molecule has 3 aromatic heterocycles. The maximum Gasteiger partial charge on any atom is 0.410 e. The van der Waals surface area contributed by atoms with Crippen LogP contribution in [0.15, 0.2) is 40.2 Å². The van der Waals surface area contributed by atoms with Gasteiger partial charge in [0.05, 0.1) is 11.4 Å². The summed E-state index contributed by atoms with van der Waals surface area (Å²) in [5, 5.41) is 0.681. The van der Waals surface area contributed by atoms with Gasteiger partial charge in [-0.05, 0) is 36.2 Å². The van der Waals surface area contributed by atoms with E-state index in [1.165, 1.54) is 25.3 Å². The molecule has 1 unspecified atom stereocenters. The SMILES string of the molecule is CCS(=O)(=O)N1CCN(c2cc(-c3ccnc4[nH]c(/C=N\C)cc34)cc(=O)[nH]2)C(C(F)(F)F)C1. The molecule has 0 bridgehead atoms. The minimum Gasteiger partial charge on any atom is -0.344 e. The Balaban J connectivity index is 1.78. The monoisotopic (exact) mass is 496 g/mol. The summed E-state index contributed by atoms with van der Waals surface area (Å²) < 4.78 is 67.2. The largest absolute Gasteiger partial charge is 0.410 e. The summed E-state index contributed by atoms with van der Waals surface area (Å²) in [5.41, 5.74) is 1.68. The van der Waals surface area contributed by atoms with E-state index >= 15 is 0 Å². The van der Waals surface area contributed by atoms with Crippen LogP contribution in [-0.4, -0.2) is 78.5 Å². The number of halogens is 3. The van der Waals surface area contributed by atoms with Crippen LogP contribution in [0.5, 0.6) is 0 Å². The third-order valence-electron chi connectivity index (χ3n) is 5.75. The first-order valence-electron chi connectivity index (χ1n) is 10.5. The number of fused-ring (bicyclic) bond motifs is 1. The smallest absolute Gasteiger partial charge is 0.344 e. The van der Waals surface area contributed by atoms with Gasteiger partial charge in [0.2, 0.25) is 15.6 Å². The number of aromatic amines is 2. The number of aliphatic imine (C=N–C) groups is 1. The highest BCUT2D eigenvalue weighted by Crippen LogP contribution is 2.34. The summed E-state index contributed by atoms with van der Waals surface area (Å²) in [4.78, 5) is 27.3. The van der Waals surface area contributed by atoms with E-state index in [4.69, 9.17) is 0 Å². The van der Waals surface area contributed by atoms with Gasteiger partial charge in [-0.15, -0.1) is 0 Å². The van der Waals surface area contributed by atoms with Crippen LogP contribution in [0.3, 0.4) is 0 Å². The molecule has 0 amide bonds. The average molecular weight is 497 g/mol. The molecule has 1 aliphatic rings. The quantitative estimate of drug-likeness (QED) is 0.527. The highest BCUT2D eigenvalue weighted by atomic mass is 32.2. The summed E-state index contributed by atoms with van der Waals surface area (Å²) >= 11 is 0. The lowest BCUT2D eigenvalue weighted by Gasteiger charge is -2.42. The number of nitrogens with zero attached hydrogens (tertiary/aromatic N) is 4. The van der Waals surface area contributed by atoms with E-state index in [1.807, 2.05) is 0 Å². The summed E-state index contributed by atoms with van der Waals surface area (Å²) in [6.45, 7) is 0.296. The van der Waals surface area contributed by atoms with Gasteiger partial charge in [-0.3, -0.25) is 9.79 Å². The number of sulfonamides is 1. The molecule has 0 radical (unpaired) electrons. The molecule has 2 N–H and O–H groups in total. The van der Waals surface area contributed by atoms with E-state index in [0.717, 1.165) is 9.21 Å². The topological polar surface area (TPSA) is 115 Å². The highest BCUT2D eigenvalue weighted by Gasteiger charge is 2.48. The molecule has 13 heteroatoms. The summed E-state index contributed by atoms with van der Waals surface area (Å²) in [7, 11) is -2.18. The number of pyridine rings is 2. The zero-order valence-electron chi connectivity index (χ0n) is 18.4. The molecule has 182 valence electrons. The number of hydrogen-bond acceptors (Lipinski definition) is 6. The third-order valence-corrected chi connectivity index (χ3v) is 7.60. The Morgan fingerprint density at radius 1 is 1.24 bits per heavy atom. The maximum absolute atomic E-state index is 14.0. The van der Waals surface area contributed by atoms with Crippen molar-refractivity contribution in [2.75, 3.05) is 37.3 Å². The Morgan fingerprint density at radius 3 is 2.68 bits per heavy atom. The molecule has 1 saturated heterocycles. The number of rotatable bonds is 5. The first-order valence-corrected chi connectivity index (χ1v) is 12.1. The zero-order chi connectivity index (χ0) is 24.7. The number of aromatic nitrogens is 3. The van der Waals surface area contributed by atoms with E-state index < -0.39 is 34.3 Å². The van der Waals surface area contributed by atoms with Crippen LogP contribution in [-0.2, 0) is 10.0 Å². The standard InChI is InChI=1S/C21H23F3N6O3S/c1-3-34(32,33)29-6-7-30(17(12-29)21(22,23)24)18-8-13(9-19(31)28-18)15-4-5-26-20-16(15)10-14(27-20)11-25-2/h4-5,8-11,17H,3,6-7,12H2,1-2H3,(H,26,27)(H,28,31)/b25-11-. The molecule has 34 heavy (non-hydrogen) atoms. The van der Waals surface area contributed by atoms with Crippen molar-refractivity contribution in [3.8, 4) is 11.1 Å². The van der Waals surface area contributed by atoms with Gasteiger partial charge in [0.1, 0.15) is 17.5 Å². The van der Waals surface area contributed by atoms with Crippen molar-refractivity contribution in [2.45, 2.75) is 19.1 Å². The fourth-order valence-electron chi connectivity index (χ4n) is 4.11. The van der Waals surface area contributed by atoms with Crippen molar-refractivity contribution in [1.82, 2.24) is 19.3 Å². The number of anilines is 1. The molecule has 4 heterocycles. The van der Waals surface area contributed by atoms with Crippen molar-refractivity contribution in [2.24, 2.45) is 4.99 Å². The number of hydrogen-bond donors (Lipinski definition) is 2. The maximum atomic E-state index is 14.0. The zero-order valence-corrected chi connectivity index (χ0v) is 19.2. The van der Waals surface area contributed by atoms with Crippen LogP contribution < -0.4 is 10.5 Å². The van der Waals surface area contributed by atoms with Crippen molar-refractivity contribution in [3.05, 3.63) is 46.5 Å². The number of alkyl halides is 3. The van der Waals surface area contributed by atoms with E-state index in [9.17, 15) is 26.4 Å². The molecule has 9 nitrogen and oxygen atoms in total. The minimum absolute atomic E-state index is 0.0331. The van der Waals surface area contributed by atoms with Crippen LogP contribution in [0, 0.1) is 0 Å². The van der Waals surface area contributed by atoms with Crippen molar-refractivity contribution < 1.29 is 21.6 Å². The summed E-state index contributed by atoms with van der Waals surface area (Å²) in [6, 6.07) is 4.14. The predicted octanol–water partition coefficient (Wildman–Crippen LogP) is 2.37. The second-order valence-corrected chi connectivity index (χ2v) is 10.1. The van der Waals surface area contributed by atoms with Crippen LogP contribution in [0.4, 0.5) is 19.0 Å². The van der Waals surface area contributed by atoms with Crippen molar-refractivity contribution in [1.29, 1.82) is 0 Å².